The van der Waals surface area contributed by atoms with Gasteiger partial charge in [-0.25, -0.2) is 9.59 Å². The second kappa shape index (κ2) is 21.7. The van der Waals surface area contributed by atoms with Gasteiger partial charge >= 0.3 is 12.1 Å². The Morgan fingerprint density at radius 1 is 0.826 bits per heavy atom. The lowest BCUT2D eigenvalue weighted by Crippen LogP contribution is -2.45. The summed E-state index contributed by atoms with van der Waals surface area (Å²) in [7, 11) is 0. The number of hydrogen-bond donors (Lipinski definition) is 5. The maximum Gasteiger partial charge on any atom is 0.407 e. The number of urea groups is 1. The van der Waals surface area contributed by atoms with Crippen molar-refractivity contribution in [3.63, 3.8) is 0 Å². The smallest absolute Gasteiger partial charge is 0.407 e. The highest BCUT2D eigenvalue weighted by Crippen LogP contribution is 2.19. The van der Waals surface area contributed by atoms with E-state index in [1.165, 1.54) is 0 Å². The highest BCUT2D eigenvalue weighted by atomic mass is 16.5. The molecule has 0 radical (unpaired) electrons. The standard InChI is InChI=1S/C33H53N5O8/c1-21(2)27(39)10-8-17-45-18-15-29(41)38-30(22(3)4)28(40)19-25(9-7-16-35-32(34)43)31(42)37-26-13-11-24(12-14-26)20-46-33(44)36-23(5)6/h11-14,21-23,25,30H,7-10,15-20H2,1-6H3,(H,36,44)(H,37,42)(H,38,41)(H3,34,35,43)/t25-,30+/m0/s1. The zero-order valence-electron chi connectivity index (χ0n) is 28.1. The largest absolute Gasteiger partial charge is 0.445 e. The number of nitrogens with two attached hydrogens (primary N) is 1. The number of benzene rings is 1. The monoisotopic (exact) mass is 647 g/mol. The first-order valence-corrected chi connectivity index (χ1v) is 16.0. The summed E-state index contributed by atoms with van der Waals surface area (Å²) in [6.45, 7) is 11.8. The lowest BCUT2D eigenvalue weighted by Gasteiger charge is -2.24. The normalized spacial score (nSPS) is 12.4. The number of primary amides is 1. The fourth-order valence-electron chi connectivity index (χ4n) is 4.38. The van der Waals surface area contributed by atoms with Crippen LogP contribution in [0.2, 0.25) is 0 Å². The molecule has 1 aromatic carbocycles. The third-order valence-electron chi connectivity index (χ3n) is 7.00. The Bertz CT molecular complexity index is 1140. The Labute approximate surface area is 272 Å². The van der Waals surface area contributed by atoms with Crippen molar-refractivity contribution in [3.05, 3.63) is 29.8 Å². The summed E-state index contributed by atoms with van der Waals surface area (Å²) in [5.74, 6) is -1.82. The number of hydrogen-bond acceptors (Lipinski definition) is 8. The fourth-order valence-corrected chi connectivity index (χ4v) is 4.38. The van der Waals surface area contributed by atoms with Crippen LogP contribution >= 0.6 is 0 Å². The molecule has 1 rings (SSSR count). The van der Waals surface area contributed by atoms with Crippen LogP contribution in [0.3, 0.4) is 0 Å². The maximum atomic E-state index is 13.4. The van der Waals surface area contributed by atoms with E-state index in [1.807, 2.05) is 41.5 Å². The van der Waals surface area contributed by atoms with E-state index in [0.717, 1.165) is 5.56 Å². The highest BCUT2D eigenvalue weighted by molar-refractivity contribution is 5.97. The van der Waals surface area contributed by atoms with Gasteiger partial charge < -0.3 is 36.5 Å². The van der Waals surface area contributed by atoms with E-state index < -0.39 is 24.1 Å². The molecule has 0 aliphatic heterocycles. The van der Waals surface area contributed by atoms with Crippen LogP contribution in [0.25, 0.3) is 0 Å². The number of nitrogens with one attached hydrogen (secondary N) is 4. The van der Waals surface area contributed by atoms with Crippen LogP contribution in [0.15, 0.2) is 24.3 Å². The van der Waals surface area contributed by atoms with Crippen LogP contribution in [-0.4, -0.2) is 67.3 Å². The average Bonchev–Trinajstić information content (AvgIpc) is 2.97. The Hall–Kier alpha value is -4.00. The Kier molecular flexibility index (Phi) is 18.9. The van der Waals surface area contributed by atoms with Crippen molar-refractivity contribution in [2.75, 3.05) is 25.1 Å². The molecule has 0 aliphatic carbocycles. The average molecular weight is 648 g/mol. The molecule has 13 nitrogen and oxygen atoms in total. The minimum atomic E-state index is -0.803. The van der Waals surface area contributed by atoms with Gasteiger partial charge in [0.25, 0.3) is 0 Å². The summed E-state index contributed by atoms with van der Waals surface area (Å²) < 4.78 is 10.7. The minimum Gasteiger partial charge on any atom is -0.445 e. The van der Waals surface area contributed by atoms with E-state index in [0.29, 0.717) is 38.0 Å². The molecule has 6 N–H and O–H groups in total. The van der Waals surface area contributed by atoms with E-state index in [1.54, 1.807) is 24.3 Å². The molecule has 13 heteroatoms. The molecule has 5 amide bonds. The zero-order valence-corrected chi connectivity index (χ0v) is 28.1. The van der Waals surface area contributed by atoms with Crippen LogP contribution in [0.4, 0.5) is 15.3 Å². The highest BCUT2D eigenvalue weighted by Gasteiger charge is 2.29. The van der Waals surface area contributed by atoms with Gasteiger partial charge in [-0.15, -0.1) is 0 Å². The molecular weight excluding hydrogens is 594 g/mol. The first kappa shape index (κ1) is 40.0. The predicted octanol–water partition coefficient (Wildman–Crippen LogP) is 3.84. The molecule has 0 fully saturated rings. The molecule has 46 heavy (non-hydrogen) atoms. The number of carbonyl (C=O) groups excluding carboxylic acids is 6. The van der Waals surface area contributed by atoms with E-state index in [9.17, 15) is 28.8 Å². The van der Waals surface area contributed by atoms with Crippen LogP contribution in [0.5, 0.6) is 0 Å². The van der Waals surface area contributed by atoms with E-state index >= 15 is 0 Å². The summed E-state index contributed by atoms with van der Waals surface area (Å²) in [4.78, 5) is 73.9. The Morgan fingerprint density at radius 2 is 1.50 bits per heavy atom. The van der Waals surface area contributed by atoms with Gasteiger partial charge in [-0.1, -0.05) is 39.8 Å². The molecule has 0 aromatic heterocycles. The van der Waals surface area contributed by atoms with Gasteiger partial charge in [0.05, 0.1) is 12.6 Å². The van der Waals surface area contributed by atoms with Crippen LogP contribution < -0.4 is 27.0 Å². The van der Waals surface area contributed by atoms with Gasteiger partial charge in [0.15, 0.2) is 5.78 Å². The van der Waals surface area contributed by atoms with Gasteiger partial charge in [0, 0.05) is 56.0 Å². The lowest BCUT2D eigenvalue weighted by atomic mass is 9.89. The van der Waals surface area contributed by atoms with Crippen molar-refractivity contribution in [3.8, 4) is 0 Å². The van der Waals surface area contributed by atoms with Gasteiger partial charge in [-0.3, -0.25) is 19.2 Å². The molecule has 0 bridgehead atoms. The van der Waals surface area contributed by atoms with E-state index in [4.69, 9.17) is 15.2 Å². The molecule has 0 aliphatic rings. The summed E-state index contributed by atoms with van der Waals surface area (Å²) >= 11 is 0. The van der Waals surface area contributed by atoms with Crippen LogP contribution in [0, 0.1) is 17.8 Å². The molecule has 0 saturated carbocycles. The first-order valence-electron chi connectivity index (χ1n) is 16.0. The lowest BCUT2D eigenvalue weighted by molar-refractivity contribution is -0.131. The number of ether oxygens (including phenoxy) is 2. The number of Topliss-reactive ketones (excluding diaryl/α,β-unsaturated/α-hetero) is 2. The van der Waals surface area contributed by atoms with Crippen molar-refractivity contribution in [1.82, 2.24) is 16.0 Å². The van der Waals surface area contributed by atoms with Gasteiger partial charge in [-0.2, -0.15) is 0 Å². The summed E-state index contributed by atoms with van der Waals surface area (Å²) in [5.41, 5.74) is 6.37. The maximum absolute atomic E-state index is 13.4. The third-order valence-corrected chi connectivity index (χ3v) is 7.00. The summed E-state index contributed by atoms with van der Waals surface area (Å²) in [6, 6.07) is 5.24. The number of amides is 5. The Morgan fingerprint density at radius 3 is 2.09 bits per heavy atom. The molecule has 0 unspecified atom stereocenters. The Balaban J connectivity index is 2.77. The molecule has 0 spiro atoms. The summed E-state index contributed by atoms with van der Waals surface area (Å²) in [6.07, 6.45) is 1.12. The topological polar surface area (TPSA) is 195 Å². The number of carbonyl (C=O) groups is 6. The molecular formula is C33H53N5O8. The molecule has 2 atom stereocenters. The van der Waals surface area contributed by atoms with Crippen molar-refractivity contribution in [2.45, 2.75) is 98.8 Å². The number of rotatable bonds is 22. The zero-order chi connectivity index (χ0) is 34.6. The minimum absolute atomic E-state index is 0.0165. The number of anilines is 1. The SMILES string of the molecule is CC(C)NC(=O)OCc1ccc(NC(=O)[C@@H](CCCNC(N)=O)CC(=O)[C@H](NC(=O)CCOCCCC(=O)C(C)C)C(C)C)cc1. The molecule has 0 heterocycles. The van der Waals surface area contributed by atoms with Crippen molar-refractivity contribution >= 4 is 41.2 Å². The fraction of sp³-hybridized carbons (Fsp3) is 0.636. The second-order valence-electron chi connectivity index (χ2n) is 12.2. The van der Waals surface area contributed by atoms with Crippen molar-refractivity contribution in [2.24, 2.45) is 23.5 Å². The molecule has 258 valence electrons. The van der Waals surface area contributed by atoms with Crippen molar-refractivity contribution in [1.29, 1.82) is 0 Å². The van der Waals surface area contributed by atoms with Gasteiger partial charge in [-0.05, 0) is 56.7 Å². The van der Waals surface area contributed by atoms with Gasteiger partial charge in [0.1, 0.15) is 12.4 Å². The molecule has 1 aromatic rings. The van der Waals surface area contributed by atoms with E-state index in [2.05, 4.69) is 21.3 Å². The quantitative estimate of drug-likeness (QED) is 0.117. The number of alkyl carbamates (subject to hydrolysis) is 1. The predicted molar refractivity (Wildman–Crippen MR) is 175 cm³/mol. The number of ketones is 2. The third kappa shape index (κ3) is 17.5. The first-order chi connectivity index (χ1) is 21.7. The van der Waals surface area contributed by atoms with E-state index in [-0.39, 0.29) is 73.9 Å². The summed E-state index contributed by atoms with van der Waals surface area (Å²) in [5, 5.41) is 10.7. The second-order valence-corrected chi connectivity index (χ2v) is 12.2. The van der Waals surface area contributed by atoms with Gasteiger partial charge in [0.2, 0.25) is 11.8 Å². The van der Waals surface area contributed by atoms with Crippen LogP contribution in [-0.2, 0) is 35.3 Å². The van der Waals surface area contributed by atoms with Crippen molar-refractivity contribution < 1.29 is 38.2 Å². The molecule has 0 saturated heterocycles. The van der Waals surface area contributed by atoms with Crippen LogP contribution in [0.1, 0.15) is 85.6 Å².